The zero-order chi connectivity index (χ0) is 12.4. The van der Waals surface area contributed by atoms with E-state index in [4.69, 9.17) is 5.73 Å². The molecule has 0 rings (SSSR count). The van der Waals surface area contributed by atoms with Gasteiger partial charge in [0.05, 0.1) is 0 Å². The fourth-order valence-corrected chi connectivity index (χ4v) is 1.11. The number of unbranched alkanes of at least 4 members (excludes halogenated alkanes) is 2. The molecule has 0 spiro atoms. The van der Waals surface area contributed by atoms with Gasteiger partial charge < -0.3 is 5.73 Å². The number of hydrogen-bond donors (Lipinski definition) is 3. The topological polar surface area (TPSA) is 84.2 Å². The molecule has 5 heteroatoms. The lowest BCUT2D eigenvalue weighted by atomic mass is 10.1. The van der Waals surface area contributed by atoms with Crippen molar-refractivity contribution >= 4 is 11.8 Å². The van der Waals surface area contributed by atoms with Gasteiger partial charge in [0.2, 0.25) is 11.8 Å². The Morgan fingerprint density at radius 1 is 1.19 bits per heavy atom. The molecule has 5 nitrogen and oxygen atoms in total. The van der Waals surface area contributed by atoms with Gasteiger partial charge >= 0.3 is 0 Å². The summed E-state index contributed by atoms with van der Waals surface area (Å²) < 4.78 is 0. The third-order valence-electron chi connectivity index (χ3n) is 2.49. The van der Waals surface area contributed by atoms with Crippen LogP contribution in [0.15, 0.2) is 0 Å². The number of carbonyl (C=O) groups is 2. The van der Waals surface area contributed by atoms with Gasteiger partial charge in [-0.15, -0.1) is 0 Å². The Morgan fingerprint density at radius 2 is 1.88 bits per heavy atom. The van der Waals surface area contributed by atoms with Crippen molar-refractivity contribution in [3.8, 4) is 0 Å². The molecule has 0 aromatic carbocycles. The van der Waals surface area contributed by atoms with Crippen LogP contribution in [0.4, 0.5) is 0 Å². The van der Waals surface area contributed by atoms with Crippen LogP contribution < -0.4 is 16.6 Å². The molecule has 94 valence electrons. The fraction of sp³-hybridized carbons (Fsp3) is 0.818. The molecule has 0 aliphatic heterocycles. The van der Waals surface area contributed by atoms with Gasteiger partial charge in [0, 0.05) is 12.3 Å². The van der Waals surface area contributed by atoms with Gasteiger partial charge in [0.15, 0.2) is 0 Å². The molecule has 0 saturated carbocycles. The van der Waals surface area contributed by atoms with Gasteiger partial charge in [-0.05, 0) is 25.8 Å². The third-order valence-corrected chi connectivity index (χ3v) is 2.49. The van der Waals surface area contributed by atoms with E-state index in [1.807, 2.05) is 13.8 Å². The number of carbonyl (C=O) groups excluding carboxylic acids is 2. The molecule has 0 saturated heterocycles. The summed E-state index contributed by atoms with van der Waals surface area (Å²) in [5.74, 6) is -0.357. The second-order valence-corrected chi connectivity index (χ2v) is 3.95. The predicted molar refractivity (Wildman–Crippen MR) is 63.3 cm³/mol. The maximum atomic E-state index is 11.3. The predicted octanol–water partition coefficient (Wildman–Crippen LogP) is 0.699. The number of amides is 2. The molecule has 1 unspecified atom stereocenters. The molecule has 0 aliphatic carbocycles. The van der Waals surface area contributed by atoms with Crippen LogP contribution in [0.3, 0.4) is 0 Å². The quantitative estimate of drug-likeness (QED) is 0.444. The highest BCUT2D eigenvalue weighted by atomic mass is 16.2. The third kappa shape index (κ3) is 7.23. The summed E-state index contributed by atoms with van der Waals surface area (Å²) in [6.07, 6.45) is 3.89. The molecule has 4 N–H and O–H groups in total. The first-order valence-corrected chi connectivity index (χ1v) is 5.90. The zero-order valence-electron chi connectivity index (χ0n) is 10.2. The first kappa shape index (κ1) is 14.9. The van der Waals surface area contributed by atoms with E-state index in [0.717, 1.165) is 25.7 Å². The van der Waals surface area contributed by atoms with Crippen molar-refractivity contribution in [3.05, 3.63) is 0 Å². The molecule has 16 heavy (non-hydrogen) atoms. The first-order valence-electron chi connectivity index (χ1n) is 5.90. The van der Waals surface area contributed by atoms with E-state index in [0.29, 0.717) is 13.0 Å². The lowest BCUT2D eigenvalue weighted by molar-refractivity contribution is -0.131. The maximum Gasteiger partial charge on any atom is 0.241 e. The van der Waals surface area contributed by atoms with E-state index in [2.05, 4.69) is 10.9 Å². The number of hydrogen-bond acceptors (Lipinski definition) is 3. The van der Waals surface area contributed by atoms with E-state index in [1.54, 1.807) is 0 Å². The molecule has 2 amide bonds. The van der Waals surface area contributed by atoms with Crippen molar-refractivity contribution in [1.29, 1.82) is 0 Å². The Balaban J connectivity index is 3.53. The fourth-order valence-electron chi connectivity index (χ4n) is 1.11. The van der Waals surface area contributed by atoms with Crippen molar-refractivity contribution < 1.29 is 9.59 Å². The average molecular weight is 229 g/mol. The van der Waals surface area contributed by atoms with E-state index < -0.39 is 0 Å². The highest BCUT2D eigenvalue weighted by Gasteiger charge is 2.10. The van der Waals surface area contributed by atoms with Crippen LogP contribution in [-0.2, 0) is 9.59 Å². The molecule has 0 aliphatic rings. The van der Waals surface area contributed by atoms with E-state index in [1.165, 1.54) is 0 Å². The molecule has 0 radical (unpaired) electrons. The van der Waals surface area contributed by atoms with Gasteiger partial charge in [-0.1, -0.05) is 20.3 Å². The molecule has 0 bridgehead atoms. The minimum absolute atomic E-state index is 0.0717. The van der Waals surface area contributed by atoms with Crippen LogP contribution in [0.25, 0.3) is 0 Å². The van der Waals surface area contributed by atoms with Gasteiger partial charge in [-0.3, -0.25) is 20.4 Å². The number of hydrazine groups is 1. The molecule has 0 fully saturated rings. The van der Waals surface area contributed by atoms with Crippen LogP contribution in [0.1, 0.15) is 46.0 Å². The first-order chi connectivity index (χ1) is 7.61. The Labute approximate surface area is 97.1 Å². The summed E-state index contributed by atoms with van der Waals surface area (Å²) in [4.78, 5) is 22.6. The standard InChI is InChI=1S/C11H23N3O2/c1-3-9(2)11(16)14-13-10(15)7-5-4-6-8-12/h9H,3-8,12H2,1-2H3,(H,13,15)(H,14,16). The van der Waals surface area contributed by atoms with Crippen LogP contribution in [0.2, 0.25) is 0 Å². The van der Waals surface area contributed by atoms with E-state index >= 15 is 0 Å². The van der Waals surface area contributed by atoms with Crippen molar-refractivity contribution in [2.45, 2.75) is 46.0 Å². The summed E-state index contributed by atoms with van der Waals surface area (Å²) in [5, 5.41) is 0. The number of rotatable bonds is 7. The van der Waals surface area contributed by atoms with Crippen LogP contribution >= 0.6 is 0 Å². The van der Waals surface area contributed by atoms with Crippen LogP contribution in [0.5, 0.6) is 0 Å². The summed E-state index contributed by atoms with van der Waals surface area (Å²) >= 11 is 0. The summed E-state index contributed by atoms with van der Waals surface area (Å²) in [6.45, 7) is 4.41. The van der Waals surface area contributed by atoms with Crippen molar-refractivity contribution in [2.24, 2.45) is 11.7 Å². The summed E-state index contributed by atoms with van der Waals surface area (Å²) in [6, 6.07) is 0. The van der Waals surface area contributed by atoms with E-state index in [-0.39, 0.29) is 17.7 Å². The van der Waals surface area contributed by atoms with Crippen LogP contribution in [0, 0.1) is 5.92 Å². The normalized spacial score (nSPS) is 11.9. The molecule has 1 atom stereocenters. The second kappa shape index (κ2) is 9.15. The SMILES string of the molecule is CCC(C)C(=O)NNC(=O)CCCCCN. The van der Waals surface area contributed by atoms with Crippen molar-refractivity contribution in [1.82, 2.24) is 10.9 Å². The minimum Gasteiger partial charge on any atom is -0.330 e. The Hall–Kier alpha value is -1.10. The lowest BCUT2D eigenvalue weighted by Gasteiger charge is -2.10. The zero-order valence-corrected chi connectivity index (χ0v) is 10.2. The van der Waals surface area contributed by atoms with Gasteiger partial charge in [-0.25, -0.2) is 0 Å². The maximum absolute atomic E-state index is 11.3. The highest BCUT2D eigenvalue weighted by Crippen LogP contribution is 1.99. The Kier molecular flexibility index (Phi) is 8.52. The molecular formula is C11H23N3O2. The smallest absolute Gasteiger partial charge is 0.241 e. The minimum atomic E-state index is -0.145. The molecule has 0 aromatic rings. The Bertz CT molecular complexity index is 219. The van der Waals surface area contributed by atoms with Gasteiger partial charge in [-0.2, -0.15) is 0 Å². The molecule has 0 aromatic heterocycles. The second-order valence-electron chi connectivity index (χ2n) is 3.95. The number of nitrogens with one attached hydrogen (secondary N) is 2. The molecular weight excluding hydrogens is 206 g/mol. The van der Waals surface area contributed by atoms with Gasteiger partial charge in [0.1, 0.15) is 0 Å². The van der Waals surface area contributed by atoms with Crippen molar-refractivity contribution in [3.63, 3.8) is 0 Å². The highest BCUT2D eigenvalue weighted by molar-refractivity contribution is 5.82. The van der Waals surface area contributed by atoms with Gasteiger partial charge in [0.25, 0.3) is 0 Å². The lowest BCUT2D eigenvalue weighted by Crippen LogP contribution is -2.43. The monoisotopic (exact) mass is 229 g/mol. The summed E-state index contributed by atoms with van der Waals surface area (Å²) in [7, 11) is 0. The van der Waals surface area contributed by atoms with E-state index in [9.17, 15) is 9.59 Å². The largest absolute Gasteiger partial charge is 0.330 e. The Morgan fingerprint density at radius 3 is 2.44 bits per heavy atom. The van der Waals surface area contributed by atoms with Crippen LogP contribution in [-0.4, -0.2) is 18.4 Å². The van der Waals surface area contributed by atoms with Crippen molar-refractivity contribution in [2.75, 3.05) is 6.54 Å². The number of nitrogens with two attached hydrogens (primary N) is 1. The summed E-state index contributed by atoms with van der Waals surface area (Å²) in [5.41, 5.74) is 10.2. The average Bonchev–Trinajstić information content (AvgIpc) is 2.30. The molecule has 0 heterocycles.